The molecule has 0 amide bonds. The summed E-state index contributed by atoms with van der Waals surface area (Å²) in [5, 5.41) is 12.8. The SMILES string of the molecule is CC1CCCCC1NC(C)(C(=O)O)C1CC1. The quantitative estimate of drug-likeness (QED) is 0.772. The van der Waals surface area contributed by atoms with Crippen LogP contribution in [0.1, 0.15) is 52.4 Å². The minimum Gasteiger partial charge on any atom is -0.480 e. The minimum absolute atomic E-state index is 0.346. The molecule has 0 aliphatic heterocycles. The summed E-state index contributed by atoms with van der Waals surface area (Å²) < 4.78 is 0. The predicted octanol–water partition coefficient (Wildman–Crippen LogP) is 2.41. The fourth-order valence-electron chi connectivity index (χ4n) is 2.93. The molecule has 3 nitrogen and oxygen atoms in total. The first-order chi connectivity index (χ1) is 7.54. The fraction of sp³-hybridized carbons (Fsp3) is 0.923. The number of carboxylic acid groups (broad SMARTS) is 1. The van der Waals surface area contributed by atoms with Crippen molar-refractivity contribution in [3.8, 4) is 0 Å². The van der Waals surface area contributed by atoms with Crippen molar-refractivity contribution in [2.24, 2.45) is 11.8 Å². The largest absolute Gasteiger partial charge is 0.480 e. The summed E-state index contributed by atoms with van der Waals surface area (Å²) in [5.41, 5.74) is -0.684. The van der Waals surface area contributed by atoms with Crippen molar-refractivity contribution in [2.75, 3.05) is 0 Å². The average molecular weight is 225 g/mol. The number of nitrogens with one attached hydrogen (secondary N) is 1. The van der Waals surface area contributed by atoms with Gasteiger partial charge in [-0.3, -0.25) is 10.1 Å². The Bertz CT molecular complexity index is 275. The summed E-state index contributed by atoms with van der Waals surface area (Å²) in [4.78, 5) is 11.4. The van der Waals surface area contributed by atoms with E-state index in [9.17, 15) is 9.90 Å². The van der Waals surface area contributed by atoms with Gasteiger partial charge in [-0.15, -0.1) is 0 Å². The summed E-state index contributed by atoms with van der Waals surface area (Å²) in [5.74, 6) is 0.290. The third kappa shape index (κ3) is 2.24. The molecule has 2 aliphatic rings. The second kappa shape index (κ2) is 4.36. The molecule has 0 spiro atoms. The van der Waals surface area contributed by atoms with Gasteiger partial charge in [-0.2, -0.15) is 0 Å². The van der Waals surface area contributed by atoms with E-state index in [1.54, 1.807) is 0 Å². The third-order valence-electron chi connectivity index (χ3n) is 4.43. The normalized spacial score (nSPS) is 34.4. The molecule has 0 radical (unpaired) electrons. The van der Waals surface area contributed by atoms with Gasteiger partial charge >= 0.3 is 5.97 Å². The highest BCUT2D eigenvalue weighted by molar-refractivity contribution is 5.79. The molecule has 0 bridgehead atoms. The summed E-state index contributed by atoms with van der Waals surface area (Å²) in [7, 11) is 0. The van der Waals surface area contributed by atoms with Gasteiger partial charge in [0.2, 0.25) is 0 Å². The number of carboxylic acids is 1. The van der Waals surface area contributed by atoms with Crippen LogP contribution in [0.3, 0.4) is 0 Å². The second-order valence-electron chi connectivity index (χ2n) is 5.79. The molecule has 92 valence electrons. The monoisotopic (exact) mass is 225 g/mol. The van der Waals surface area contributed by atoms with Gasteiger partial charge in [0.15, 0.2) is 0 Å². The molecule has 0 saturated heterocycles. The molecular weight excluding hydrogens is 202 g/mol. The molecule has 0 aromatic heterocycles. The van der Waals surface area contributed by atoms with Crippen molar-refractivity contribution in [2.45, 2.75) is 64.0 Å². The molecule has 0 heterocycles. The van der Waals surface area contributed by atoms with Crippen molar-refractivity contribution >= 4 is 5.97 Å². The van der Waals surface area contributed by atoms with E-state index < -0.39 is 11.5 Å². The van der Waals surface area contributed by atoms with Gasteiger partial charge < -0.3 is 5.11 Å². The standard InChI is InChI=1S/C13H23NO2/c1-9-5-3-4-6-11(9)14-13(2,12(15)16)10-7-8-10/h9-11,14H,3-8H2,1-2H3,(H,15,16). The molecule has 3 unspecified atom stereocenters. The lowest BCUT2D eigenvalue weighted by Crippen LogP contribution is -2.57. The van der Waals surface area contributed by atoms with Crippen LogP contribution in [0, 0.1) is 11.8 Å². The van der Waals surface area contributed by atoms with Crippen LogP contribution < -0.4 is 5.32 Å². The van der Waals surface area contributed by atoms with Gasteiger partial charge in [-0.1, -0.05) is 19.8 Å². The molecule has 2 rings (SSSR count). The van der Waals surface area contributed by atoms with E-state index in [1.165, 1.54) is 19.3 Å². The number of carbonyl (C=O) groups is 1. The van der Waals surface area contributed by atoms with Crippen LogP contribution in [0.15, 0.2) is 0 Å². The lowest BCUT2D eigenvalue weighted by molar-refractivity contribution is -0.145. The first-order valence-corrected chi connectivity index (χ1v) is 6.55. The molecular formula is C13H23NO2. The van der Waals surface area contributed by atoms with Gasteiger partial charge in [-0.05, 0) is 44.4 Å². The van der Waals surface area contributed by atoms with Crippen LogP contribution in [0.5, 0.6) is 0 Å². The van der Waals surface area contributed by atoms with Crippen molar-refractivity contribution in [3.05, 3.63) is 0 Å². The smallest absolute Gasteiger partial charge is 0.323 e. The first-order valence-electron chi connectivity index (χ1n) is 6.55. The molecule has 0 aromatic rings. The zero-order valence-corrected chi connectivity index (χ0v) is 10.3. The van der Waals surface area contributed by atoms with E-state index in [1.807, 2.05) is 6.92 Å². The Balaban J connectivity index is 2.02. The van der Waals surface area contributed by atoms with Gasteiger partial charge in [0.05, 0.1) is 0 Å². The van der Waals surface area contributed by atoms with Crippen LogP contribution in [-0.2, 0) is 4.79 Å². The highest BCUT2D eigenvalue weighted by Gasteiger charge is 2.48. The van der Waals surface area contributed by atoms with Gasteiger partial charge in [0, 0.05) is 6.04 Å². The molecule has 2 fully saturated rings. The lowest BCUT2D eigenvalue weighted by Gasteiger charge is -2.37. The van der Waals surface area contributed by atoms with Gasteiger partial charge in [0.25, 0.3) is 0 Å². The highest BCUT2D eigenvalue weighted by atomic mass is 16.4. The average Bonchev–Trinajstić information content (AvgIpc) is 3.04. The predicted molar refractivity (Wildman–Crippen MR) is 63.3 cm³/mol. The van der Waals surface area contributed by atoms with Crippen LogP contribution >= 0.6 is 0 Å². The Morgan fingerprint density at radius 3 is 2.38 bits per heavy atom. The Morgan fingerprint density at radius 2 is 1.88 bits per heavy atom. The topological polar surface area (TPSA) is 49.3 Å². The second-order valence-corrected chi connectivity index (χ2v) is 5.79. The zero-order valence-electron chi connectivity index (χ0n) is 10.3. The maximum atomic E-state index is 11.4. The Kier molecular flexibility index (Phi) is 3.24. The number of hydrogen-bond donors (Lipinski definition) is 2. The maximum absolute atomic E-state index is 11.4. The van der Waals surface area contributed by atoms with Crippen LogP contribution in [0.25, 0.3) is 0 Å². The fourth-order valence-corrected chi connectivity index (χ4v) is 2.93. The molecule has 3 heteroatoms. The molecule has 3 atom stereocenters. The molecule has 2 saturated carbocycles. The Hall–Kier alpha value is -0.570. The number of rotatable bonds is 4. The Labute approximate surface area is 97.6 Å². The van der Waals surface area contributed by atoms with Crippen LogP contribution in [0.4, 0.5) is 0 Å². The van der Waals surface area contributed by atoms with Crippen molar-refractivity contribution in [3.63, 3.8) is 0 Å². The first kappa shape index (κ1) is 11.9. The summed E-state index contributed by atoms with van der Waals surface area (Å²) in [6.45, 7) is 4.11. The lowest BCUT2D eigenvalue weighted by atomic mass is 9.83. The van der Waals surface area contributed by atoms with Crippen molar-refractivity contribution in [1.82, 2.24) is 5.32 Å². The number of aliphatic carboxylic acids is 1. The van der Waals surface area contributed by atoms with E-state index in [-0.39, 0.29) is 0 Å². The van der Waals surface area contributed by atoms with E-state index >= 15 is 0 Å². The molecule has 0 aromatic carbocycles. The van der Waals surface area contributed by atoms with Gasteiger partial charge in [-0.25, -0.2) is 0 Å². The number of hydrogen-bond acceptors (Lipinski definition) is 2. The van der Waals surface area contributed by atoms with E-state index in [0.29, 0.717) is 17.9 Å². The minimum atomic E-state index is -0.684. The zero-order chi connectivity index (χ0) is 11.8. The van der Waals surface area contributed by atoms with Gasteiger partial charge in [0.1, 0.15) is 5.54 Å². The van der Waals surface area contributed by atoms with E-state index in [4.69, 9.17) is 0 Å². The molecule has 16 heavy (non-hydrogen) atoms. The highest BCUT2D eigenvalue weighted by Crippen LogP contribution is 2.41. The van der Waals surface area contributed by atoms with Crippen LogP contribution in [0.2, 0.25) is 0 Å². The Morgan fingerprint density at radius 1 is 1.25 bits per heavy atom. The van der Waals surface area contributed by atoms with Crippen LogP contribution in [-0.4, -0.2) is 22.7 Å². The summed E-state index contributed by atoms with van der Waals surface area (Å²) in [6.07, 6.45) is 7.04. The van der Waals surface area contributed by atoms with E-state index in [2.05, 4.69) is 12.2 Å². The summed E-state index contributed by atoms with van der Waals surface area (Å²) in [6, 6.07) is 0.399. The van der Waals surface area contributed by atoms with Crippen molar-refractivity contribution < 1.29 is 9.90 Å². The van der Waals surface area contributed by atoms with Crippen molar-refractivity contribution in [1.29, 1.82) is 0 Å². The third-order valence-corrected chi connectivity index (χ3v) is 4.43. The molecule has 2 N–H and O–H groups in total. The van der Waals surface area contributed by atoms with E-state index in [0.717, 1.165) is 19.3 Å². The molecule has 2 aliphatic carbocycles. The maximum Gasteiger partial charge on any atom is 0.323 e. The summed E-state index contributed by atoms with van der Waals surface area (Å²) >= 11 is 0.